The summed E-state index contributed by atoms with van der Waals surface area (Å²) >= 11 is 5.21. The highest BCUT2D eigenvalue weighted by atomic mass is 79.9. The zero-order chi connectivity index (χ0) is 14.8. The number of nitrogens with two attached hydrogens (primary N) is 1. The van der Waals surface area contributed by atoms with Gasteiger partial charge in [-0.25, -0.2) is 0 Å². The summed E-state index contributed by atoms with van der Waals surface area (Å²) in [5.41, 5.74) is 9.22. The van der Waals surface area contributed by atoms with Crippen molar-refractivity contribution >= 4 is 38.9 Å². The Morgan fingerprint density at radius 2 is 2.14 bits per heavy atom. The molecule has 2 heterocycles. The maximum atomic E-state index is 9.40. The second kappa shape index (κ2) is 5.84. The van der Waals surface area contributed by atoms with E-state index in [9.17, 15) is 5.26 Å². The van der Waals surface area contributed by atoms with Gasteiger partial charge in [-0.15, -0.1) is 11.8 Å². The van der Waals surface area contributed by atoms with E-state index in [4.69, 9.17) is 5.73 Å². The number of anilines is 1. The van der Waals surface area contributed by atoms with Crippen LogP contribution in [0, 0.1) is 11.3 Å². The average molecular weight is 358 g/mol. The minimum atomic E-state index is 0.735. The van der Waals surface area contributed by atoms with Gasteiger partial charge in [0, 0.05) is 33.2 Å². The molecule has 0 radical (unpaired) electrons. The van der Waals surface area contributed by atoms with Crippen LogP contribution in [0.5, 0.6) is 0 Å². The summed E-state index contributed by atoms with van der Waals surface area (Å²) in [5, 5.41) is 9.40. The van der Waals surface area contributed by atoms with Crippen molar-refractivity contribution in [2.24, 2.45) is 0 Å². The lowest BCUT2D eigenvalue weighted by Gasteiger charge is -2.04. The molecular formula is C16H12BrN3S. The lowest BCUT2D eigenvalue weighted by molar-refractivity contribution is 1.18. The zero-order valence-electron chi connectivity index (χ0n) is 11.1. The molecule has 3 nitrogen and oxygen atoms in total. The van der Waals surface area contributed by atoms with Gasteiger partial charge >= 0.3 is 0 Å². The smallest absolute Gasteiger partial charge is 0.102 e. The summed E-state index contributed by atoms with van der Waals surface area (Å²) in [6.07, 6.45) is 3.98. The maximum absolute atomic E-state index is 9.40. The van der Waals surface area contributed by atoms with Gasteiger partial charge in [0.1, 0.15) is 6.07 Å². The van der Waals surface area contributed by atoms with E-state index in [2.05, 4.69) is 22.0 Å². The monoisotopic (exact) mass is 357 g/mol. The van der Waals surface area contributed by atoms with Crippen LogP contribution in [-0.2, 0) is 5.75 Å². The summed E-state index contributed by atoms with van der Waals surface area (Å²) in [6.45, 7) is 0. The van der Waals surface area contributed by atoms with E-state index in [1.165, 1.54) is 0 Å². The van der Waals surface area contributed by atoms with Crippen molar-refractivity contribution in [3.8, 4) is 6.07 Å². The highest BCUT2D eigenvalue weighted by molar-refractivity contribution is 9.10. The first kappa shape index (κ1) is 14.1. The number of hydrogen-bond acceptors (Lipinski definition) is 3. The minimum absolute atomic E-state index is 0.735. The predicted octanol–water partition coefficient (Wildman–Crippen LogP) is 4.45. The number of benzene rings is 1. The Morgan fingerprint density at radius 3 is 2.90 bits per heavy atom. The lowest BCUT2D eigenvalue weighted by atomic mass is 10.2. The second-order valence-electron chi connectivity index (χ2n) is 4.61. The van der Waals surface area contributed by atoms with Crippen molar-refractivity contribution in [3.63, 3.8) is 0 Å². The predicted molar refractivity (Wildman–Crippen MR) is 90.2 cm³/mol. The van der Waals surface area contributed by atoms with E-state index in [1.807, 2.05) is 53.2 Å². The van der Waals surface area contributed by atoms with Gasteiger partial charge < -0.3 is 10.1 Å². The number of aromatic nitrogens is 1. The van der Waals surface area contributed by atoms with Crippen molar-refractivity contribution < 1.29 is 0 Å². The van der Waals surface area contributed by atoms with Gasteiger partial charge in [-0.1, -0.05) is 6.07 Å². The molecule has 0 fully saturated rings. The van der Waals surface area contributed by atoms with Crippen LogP contribution in [0.2, 0.25) is 0 Å². The van der Waals surface area contributed by atoms with Crippen LogP contribution in [-0.4, -0.2) is 4.40 Å². The number of thioether (sulfide) groups is 1. The number of nitriles is 1. The largest absolute Gasteiger partial charge is 0.399 e. The fraction of sp³-hybridized carbons (Fsp3) is 0.0625. The molecule has 0 amide bonds. The first-order valence-electron chi connectivity index (χ1n) is 6.35. The molecule has 3 rings (SSSR count). The standard InChI is InChI=1S/C16H12BrN3S/c17-14-7-12(19)4-5-16(14)21-10-11-9-20-6-2-1-3-15(20)13(11)8-18/h1-7,9H,10,19H2. The first-order valence-corrected chi connectivity index (χ1v) is 8.13. The number of halogens is 1. The van der Waals surface area contributed by atoms with Crippen molar-refractivity contribution in [2.75, 3.05) is 5.73 Å². The van der Waals surface area contributed by atoms with Gasteiger partial charge in [0.05, 0.1) is 11.1 Å². The zero-order valence-corrected chi connectivity index (χ0v) is 13.5. The third-order valence-electron chi connectivity index (χ3n) is 3.21. The van der Waals surface area contributed by atoms with Gasteiger partial charge in [-0.05, 0) is 51.8 Å². The van der Waals surface area contributed by atoms with Crippen LogP contribution < -0.4 is 5.73 Å². The molecule has 0 saturated heterocycles. The van der Waals surface area contributed by atoms with Crippen LogP contribution in [0.3, 0.4) is 0 Å². The molecule has 3 aromatic rings. The van der Waals surface area contributed by atoms with E-state index in [1.54, 1.807) is 11.8 Å². The Kier molecular flexibility index (Phi) is 3.91. The quantitative estimate of drug-likeness (QED) is 0.556. The molecule has 5 heteroatoms. The Hall–Kier alpha value is -1.90. The Balaban J connectivity index is 1.90. The normalized spacial score (nSPS) is 10.7. The SMILES string of the molecule is N#Cc1c(CSc2ccc(N)cc2Br)cn2ccccc12. The highest BCUT2D eigenvalue weighted by Crippen LogP contribution is 2.33. The van der Waals surface area contributed by atoms with Crippen molar-refractivity contribution in [3.05, 3.63) is 64.4 Å². The molecule has 0 spiro atoms. The lowest BCUT2D eigenvalue weighted by Crippen LogP contribution is -1.86. The Labute approximate surface area is 135 Å². The van der Waals surface area contributed by atoms with E-state index in [-0.39, 0.29) is 0 Å². The number of nitrogens with zero attached hydrogens (tertiary/aromatic N) is 2. The van der Waals surface area contributed by atoms with Crippen LogP contribution >= 0.6 is 27.7 Å². The number of hydrogen-bond donors (Lipinski definition) is 1. The molecule has 0 aliphatic carbocycles. The number of pyridine rings is 1. The van der Waals surface area contributed by atoms with Crippen molar-refractivity contribution in [2.45, 2.75) is 10.6 Å². The summed E-state index contributed by atoms with van der Waals surface area (Å²) in [6, 6.07) is 14.0. The first-order chi connectivity index (χ1) is 10.2. The molecule has 0 aliphatic rings. The maximum Gasteiger partial charge on any atom is 0.102 e. The van der Waals surface area contributed by atoms with Crippen molar-refractivity contribution in [1.29, 1.82) is 5.26 Å². The van der Waals surface area contributed by atoms with Crippen LogP contribution in [0.1, 0.15) is 11.1 Å². The summed E-state index contributed by atoms with van der Waals surface area (Å²) in [5.74, 6) is 0.743. The van der Waals surface area contributed by atoms with Gasteiger partial charge in [0.25, 0.3) is 0 Å². The van der Waals surface area contributed by atoms with E-state index in [0.29, 0.717) is 0 Å². The second-order valence-corrected chi connectivity index (χ2v) is 6.48. The van der Waals surface area contributed by atoms with Gasteiger partial charge in [0.15, 0.2) is 0 Å². The van der Waals surface area contributed by atoms with Gasteiger partial charge in [-0.2, -0.15) is 5.26 Å². The number of nitrogen functional groups attached to an aromatic ring is 1. The minimum Gasteiger partial charge on any atom is -0.399 e. The molecule has 21 heavy (non-hydrogen) atoms. The molecule has 0 unspecified atom stereocenters. The topological polar surface area (TPSA) is 54.2 Å². The summed E-state index contributed by atoms with van der Waals surface area (Å²) in [7, 11) is 0. The average Bonchev–Trinajstić information content (AvgIpc) is 2.83. The third-order valence-corrected chi connectivity index (χ3v) is 5.25. The molecule has 1 aromatic carbocycles. The van der Waals surface area contributed by atoms with Crippen LogP contribution in [0.4, 0.5) is 5.69 Å². The van der Waals surface area contributed by atoms with Gasteiger partial charge in [0.2, 0.25) is 0 Å². The van der Waals surface area contributed by atoms with Crippen LogP contribution in [0.25, 0.3) is 5.52 Å². The Morgan fingerprint density at radius 1 is 1.29 bits per heavy atom. The molecule has 2 aromatic heterocycles. The summed E-state index contributed by atoms with van der Waals surface area (Å²) < 4.78 is 2.97. The molecule has 104 valence electrons. The number of rotatable bonds is 3. The van der Waals surface area contributed by atoms with E-state index < -0.39 is 0 Å². The molecule has 2 N–H and O–H groups in total. The van der Waals surface area contributed by atoms with E-state index in [0.717, 1.165) is 37.5 Å². The fourth-order valence-electron chi connectivity index (χ4n) is 2.21. The number of fused-ring (bicyclic) bond motifs is 1. The molecule has 0 atom stereocenters. The molecule has 0 bridgehead atoms. The molecular weight excluding hydrogens is 346 g/mol. The highest BCUT2D eigenvalue weighted by Gasteiger charge is 2.11. The summed E-state index contributed by atoms with van der Waals surface area (Å²) in [4.78, 5) is 1.11. The molecule has 0 saturated carbocycles. The van der Waals surface area contributed by atoms with Crippen LogP contribution in [0.15, 0.2) is 58.2 Å². The molecule has 0 aliphatic heterocycles. The van der Waals surface area contributed by atoms with Gasteiger partial charge in [-0.3, -0.25) is 0 Å². The fourth-order valence-corrected chi connectivity index (χ4v) is 3.84. The van der Waals surface area contributed by atoms with E-state index >= 15 is 0 Å². The van der Waals surface area contributed by atoms with Crippen molar-refractivity contribution in [1.82, 2.24) is 4.40 Å². The third kappa shape index (κ3) is 2.78. The Bertz CT molecular complexity index is 848.